The lowest BCUT2D eigenvalue weighted by atomic mass is 10.0. The number of aromatic nitrogens is 1. The topological polar surface area (TPSA) is 32.9 Å². The largest absolute Gasteiger partial charge is 0.321 e. The third-order valence-electron chi connectivity index (χ3n) is 3.26. The summed E-state index contributed by atoms with van der Waals surface area (Å²) < 4.78 is 0. The molecule has 1 N–H and O–H groups in total. The first-order chi connectivity index (χ1) is 8.69. The minimum absolute atomic E-state index is 0.0462. The molecule has 0 fully saturated rings. The van der Waals surface area contributed by atoms with Gasteiger partial charge in [0.1, 0.15) is 0 Å². The van der Waals surface area contributed by atoms with Crippen molar-refractivity contribution < 1.29 is 0 Å². The van der Waals surface area contributed by atoms with Gasteiger partial charge in [0.05, 0.1) is 0 Å². The molecule has 0 aliphatic heterocycles. The predicted octanol–water partition coefficient (Wildman–Crippen LogP) is 3.90. The van der Waals surface area contributed by atoms with E-state index in [1.165, 1.54) is 0 Å². The number of H-pyrrole nitrogens is 1. The van der Waals surface area contributed by atoms with Gasteiger partial charge in [-0.3, -0.25) is 4.79 Å². The molecule has 1 aromatic heterocycles. The van der Waals surface area contributed by atoms with Crippen molar-refractivity contribution in [3.8, 4) is 0 Å². The Hall–Kier alpha value is -1.80. The van der Waals surface area contributed by atoms with Gasteiger partial charge in [-0.25, -0.2) is 0 Å². The number of hydrogen-bond acceptors (Lipinski definition) is 1. The standard InChI is InChI=1S/C15H12ClNO/c1-2-9-3-5-11-12-8-10(16)4-6-14(12)17-15(18)13(11)7-9/h3-8H,2H2,1H3,(H,17,18). The van der Waals surface area contributed by atoms with Crippen LogP contribution in [0.1, 0.15) is 12.5 Å². The van der Waals surface area contributed by atoms with Crippen LogP contribution in [0, 0.1) is 0 Å². The second-order valence-corrected chi connectivity index (χ2v) is 4.81. The Labute approximate surface area is 109 Å². The summed E-state index contributed by atoms with van der Waals surface area (Å²) in [4.78, 5) is 15.0. The van der Waals surface area contributed by atoms with Gasteiger partial charge in [-0.2, -0.15) is 0 Å². The van der Waals surface area contributed by atoms with E-state index in [0.717, 1.165) is 33.7 Å². The maximum Gasteiger partial charge on any atom is 0.256 e. The van der Waals surface area contributed by atoms with Crippen molar-refractivity contribution >= 4 is 33.3 Å². The van der Waals surface area contributed by atoms with E-state index in [1.807, 2.05) is 24.3 Å². The molecule has 3 aromatic rings. The molecule has 0 spiro atoms. The van der Waals surface area contributed by atoms with E-state index in [1.54, 1.807) is 6.07 Å². The molecule has 1 heterocycles. The van der Waals surface area contributed by atoms with Gasteiger partial charge in [0, 0.05) is 21.3 Å². The molecule has 0 atom stereocenters. The van der Waals surface area contributed by atoms with Crippen LogP contribution in [-0.4, -0.2) is 4.98 Å². The molecule has 0 amide bonds. The quantitative estimate of drug-likeness (QED) is 0.659. The lowest BCUT2D eigenvalue weighted by Crippen LogP contribution is -2.06. The van der Waals surface area contributed by atoms with E-state index in [2.05, 4.69) is 18.0 Å². The zero-order chi connectivity index (χ0) is 12.7. The molecule has 18 heavy (non-hydrogen) atoms. The Bertz CT molecular complexity index is 805. The molecule has 3 rings (SSSR count). The number of benzene rings is 2. The summed E-state index contributed by atoms with van der Waals surface area (Å²) in [5.74, 6) is 0. The lowest BCUT2D eigenvalue weighted by molar-refractivity contribution is 1.14. The third kappa shape index (κ3) is 1.70. The minimum Gasteiger partial charge on any atom is -0.321 e. The first-order valence-corrected chi connectivity index (χ1v) is 6.31. The van der Waals surface area contributed by atoms with Gasteiger partial charge in [0.2, 0.25) is 0 Å². The molecule has 0 aliphatic rings. The predicted molar refractivity (Wildman–Crippen MR) is 76.5 cm³/mol. The van der Waals surface area contributed by atoms with Crippen molar-refractivity contribution in [3.63, 3.8) is 0 Å². The molecule has 2 nitrogen and oxygen atoms in total. The van der Waals surface area contributed by atoms with Crippen LogP contribution in [0.2, 0.25) is 5.02 Å². The van der Waals surface area contributed by atoms with Gasteiger partial charge < -0.3 is 4.98 Å². The van der Waals surface area contributed by atoms with Crippen LogP contribution in [0.25, 0.3) is 21.7 Å². The SMILES string of the molecule is CCc1ccc2c(c1)c(=O)[nH]c1ccc(Cl)cc12. The maximum atomic E-state index is 12.1. The van der Waals surface area contributed by atoms with Crippen LogP contribution in [0.3, 0.4) is 0 Å². The van der Waals surface area contributed by atoms with E-state index in [9.17, 15) is 4.79 Å². The van der Waals surface area contributed by atoms with Gasteiger partial charge >= 0.3 is 0 Å². The Balaban J connectivity index is 2.53. The fourth-order valence-electron chi connectivity index (χ4n) is 2.27. The van der Waals surface area contributed by atoms with Crippen molar-refractivity contribution in [2.75, 3.05) is 0 Å². The molecule has 0 saturated heterocycles. The minimum atomic E-state index is -0.0462. The van der Waals surface area contributed by atoms with Crippen molar-refractivity contribution in [2.45, 2.75) is 13.3 Å². The number of halogens is 1. The van der Waals surface area contributed by atoms with Gasteiger partial charge in [0.25, 0.3) is 5.56 Å². The molecular weight excluding hydrogens is 246 g/mol. The molecule has 0 radical (unpaired) electrons. The number of aryl methyl sites for hydroxylation is 1. The second-order valence-electron chi connectivity index (χ2n) is 4.38. The summed E-state index contributed by atoms with van der Waals surface area (Å²) in [5, 5.41) is 3.34. The van der Waals surface area contributed by atoms with Crippen molar-refractivity contribution in [3.05, 3.63) is 57.3 Å². The van der Waals surface area contributed by atoms with Gasteiger partial charge in [-0.15, -0.1) is 0 Å². The summed E-state index contributed by atoms with van der Waals surface area (Å²) in [6, 6.07) is 11.5. The zero-order valence-corrected chi connectivity index (χ0v) is 10.7. The average Bonchev–Trinajstić information content (AvgIpc) is 2.39. The number of nitrogens with one attached hydrogen (secondary N) is 1. The van der Waals surface area contributed by atoms with E-state index in [4.69, 9.17) is 11.6 Å². The van der Waals surface area contributed by atoms with E-state index >= 15 is 0 Å². The summed E-state index contributed by atoms with van der Waals surface area (Å²) in [5.41, 5.74) is 1.94. The fraction of sp³-hybridized carbons (Fsp3) is 0.133. The number of aromatic amines is 1. The van der Waals surface area contributed by atoms with Crippen molar-refractivity contribution in [1.29, 1.82) is 0 Å². The lowest BCUT2D eigenvalue weighted by Gasteiger charge is -2.05. The Morgan fingerprint density at radius 2 is 1.89 bits per heavy atom. The molecule has 0 aliphatic carbocycles. The number of fused-ring (bicyclic) bond motifs is 3. The van der Waals surface area contributed by atoms with E-state index < -0.39 is 0 Å². The van der Waals surface area contributed by atoms with Crippen LogP contribution < -0.4 is 5.56 Å². The van der Waals surface area contributed by atoms with E-state index in [0.29, 0.717) is 5.02 Å². The molecule has 0 unspecified atom stereocenters. The highest BCUT2D eigenvalue weighted by Crippen LogP contribution is 2.25. The average molecular weight is 258 g/mol. The van der Waals surface area contributed by atoms with Crippen molar-refractivity contribution in [1.82, 2.24) is 4.98 Å². The third-order valence-corrected chi connectivity index (χ3v) is 3.49. The summed E-state index contributed by atoms with van der Waals surface area (Å²) in [7, 11) is 0. The van der Waals surface area contributed by atoms with Gasteiger partial charge in [0.15, 0.2) is 0 Å². The normalized spacial score (nSPS) is 11.2. The van der Waals surface area contributed by atoms with Crippen LogP contribution >= 0.6 is 11.6 Å². The van der Waals surface area contributed by atoms with Crippen LogP contribution in [0.5, 0.6) is 0 Å². The summed E-state index contributed by atoms with van der Waals surface area (Å²) in [6.45, 7) is 2.08. The zero-order valence-electron chi connectivity index (χ0n) is 9.96. The molecule has 0 saturated carbocycles. The number of hydrogen-bond donors (Lipinski definition) is 1. The Morgan fingerprint density at radius 3 is 2.67 bits per heavy atom. The monoisotopic (exact) mass is 257 g/mol. The van der Waals surface area contributed by atoms with Crippen LogP contribution in [0.4, 0.5) is 0 Å². The number of rotatable bonds is 1. The molecule has 2 aromatic carbocycles. The maximum absolute atomic E-state index is 12.1. The molecule has 90 valence electrons. The Morgan fingerprint density at radius 1 is 1.06 bits per heavy atom. The van der Waals surface area contributed by atoms with Crippen molar-refractivity contribution in [2.24, 2.45) is 0 Å². The first kappa shape index (κ1) is 11.3. The summed E-state index contributed by atoms with van der Waals surface area (Å²) >= 11 is 6.03. The highest BCUT2D eigenvalue weighted by Gasteiger charge is 2.06. The van der Waals surface area contributed by atoms with Crippen LogP contribution in [0.15, 0.2) is 41.2 Å². The number of pyridine rings is 1. The Kier molecular flexibility index (Phi) is 2.60. The first-order valence-electron chi connectivity index (χ1n) is 5.93. The van der Waals surface area contributed by atoms with E-state index in [-0.39, 0.29) is 5.56 Å². The molecule has 3 heteroatoms. The van der Waals surface area contributed by atoms with Crippen LogP contribution in [-0.2, 0) is 6.42 Å². The van der Waals surface area contributed by atoms with Gasteiger partial charge in [-0.1, -0.05) is 30.7 Å². The highest BCUT2D eigenvalue weighted by molar-refractivity contribution is 6.31. The van der Waals surface area contributed by atoms with Gasteiger partial charge in [-0.05, 0) is 41.6 Å². The molecule has 0 bridgehead atoms. The molecular formula is C15H12ClNO. The fourth-order valence-corrected chi connectivity index (χ4v) is 2.44. The highest BCUT2D eigenvalue weighted by atomic mass is 35.5. The summed E-state index contributed by atoms with van der Waals surface area (Å²) in [6.07, 6.45) is 0.920. The second kappa shape index (κ2) is 4.14. The smallest absolute Gasteiger partial charge is 0.256 e.